The van der Waals surface area contributed by atoms with Gasteiger partial charge in [-0.05, 0) is 54.3 Å². The molecule has 0 saturated carbocycles. The molecular weight excluding hydrogens is 416 g/mol. The molecule has 1 N–H and O–H groups in total. The third-order valence-corrected chi connectivity index (χ3v) is 5.71. The van der Waals surface area contributed by atoms with Gasteiger partial charge < -0.3 is 23.9 Å². The van der Waals surface area contributed by atoms with Crippen molar-refractivity contribution in [1.82, 2.24) is 10.3 Å². The van der Waals surface area contributed by atoms with Crippen LogP contribution in [0.3, 0.4) is 0 Å². The third kappa shape index (κ3) is 4.71. The summed E-state index contributed by atoms with van der Waals surface area (Å²) in [7, 11) is 0. The van der Waals surface area contributed by atoms with Crippen molar-refractivity contribution in [2.45, 2.75) is 33.5 Å². The van der Waals surface area contributed by atoms with Crippen LogP contribution in [0.5, 0.6) is 17.2 Å². The Balaban J connectivity index is 1.23. The largest absolute Gasteiger partial charge is 0.484 e. The highest BCUT2D eigenvalue weighted by atomic mass is 16.7. The summed E-state index contributed by atoms with van der Waals surface area (Å²) >= 11 is 0. The standard InChI is InChI=1S/C27H26N2O4/c1-18-22(21-11-12-24-25(13-21)32-17-31-24)9-6-10-23(18)30-16-27-29-19(2)26(33-27)15-28-14-20-7-4-3-5-8-20/h3-13,28H,14-17H2,1-2H3. The number of hydrogen-bond donors (Lipinski definition) is 1. The van der Waals surface area contributed by atoms with Gasteiger partial charge in [0.05, 0.1) is 12.2 Å². The van der Waals surface area contributed by atoms with Crippen LogP contribution in [-0.2, 0) is 19.7 Å². The molecule has 4 aromatic rings. The van der Waals surface area contributed by atoms with Gasteiger partial charge in [0.2, 0.25) is 12.7 Å². The number of nitrogens with zero attached hydrogens (tertiary/aromatic N) is 1. The Morgan fingerprint density at radius 3 is 2.64 bits per heavy atom. The Morgan fingerprint density at radius 2 is 1.76 bits per heavy atom. The molecule has 1 aromatic heterocycles. The molecule has 0 aliphatic carbocycles. The maximum absolute atomic E-state index is 6.09. The number of nitrogens with one attached hydrogen (secondary N) is 1. The zero-order valence-corrected chi connectivity index (χ0v) is 18.8. The highest BCUT2D eigenvalue weighted by molar-refractivity contribution is 5.72. The van der Waals surface area contributed by atoms with Crippen LogP contribution < -0.4 is 19.5 Å². The Bertz CT molecular complexity index is 1250. The monoisotopic (exact) mass is 442 g/mol. The van der Waals surface area contributed by atoms with Crippen LogP contribution in [-0.4, -0.2) is 11.8 Å². The van der Waals surface area contributed by atoms with Crippen molar-refractivity contribution >= 4 is 0 Å². The number of aromatic nitrogens is 1. The first-order valence-corrected chi connectivity index (χ1v) is 11.0. The molecule has 3 aromatic carbocycles. The maximum Gasteiger partial charge on any atom is 0.232 e. The quantitative estimate of drug-likeness (QED) is 0.386. The van der Waals surface area contributed by atoms with Crippen LogP contribution in [0.15, 0.2) is 71.1 Å². The van der Waals surface area contributed by atoms with E-state index in [1.807, 2.05) is 55.5 Å². The molecular formula is C27H26N2O4. The maximum atomic E-state index is 6.09. The molecule has 1 aliphatic heterocycles. The predicted octanol–water partition coefficient (Wildman–Crippen LogP) is 5.56. The average molecular weight is 443 g/mol. The fourth-order valence-electron chi connectivity index (χ4n) is 3.92. The van der Waals surface area contributed by atoms with E-state index in [2.05, 4.69) is 35.4 Å². The van der Waals surface area contributed by atoms with E-state index in [0.717, 1.165) is 51.9 Å². The van der Waals surface area contributed by atoms with Gasteiger partial charge in [-0.3, -0.25) is 0 Å². The first-order chi connectivity index (χ1) is 16.2. The smallest absolute Gasteiger partial charge is 0.232 e. The zero-order chi connectivity index (χ0) is 22.6. The fraction of sp³-hybridized carbons (Fsp3) is 0.222. The van der Waals surface area contributed by atoms with Gasteiger partial charge in [0.1, 0.15) is 11.5 Å². The first kappa shape index (κ1) is 21.1. The molecule has 0 bridgehead atoms. The van der Waals surface area contributed by atoms with E-state index in [1.54, 1.807) is 0 Å². The lowest BCUT2D eigenvalue weighted by atomic mass is 9.99. The van der Waals surface area contributed by atoms with Crippen molar-refractivity contribution in [1.29, 1.82) is 0 Å². The van der Waals surface area contributed by atoms with Gasteiger partial charge in [0, 0.05) is 6.54 Å². The van der Waals surface area contributed by atoms with Gasteiger partial charge in [0.15, 0.2) is 18.1 Å². The van der Waals surface area contributed by atoms with Crippen LogP contribution >= 0.6 is 0 Å². The van der Waals surface area contributed by atoms with Gasteiger partial charge in [-0.1, -0.05) is 48.5 Å². The highest BCUT2D eigenvalue weighted by Crippen LogP contribution is 2.38. The summed E-state index contributed by atoms with van der Waals surface area (Å²) in [6.45, 7) is 5.93. The molecule has 6 nitrogen and oxygen atoms in total. The molecule has 0 spiro atoms. The summed E-state index contributed by atoms with van der Waals surface area (Å²) in [5, 5.41) is 3.40. The lowest BCUT2D eigenvalue weighted by Gasteiger charge is -2.12. The highest BCUT2D eigenvalue weighted by Gasteiger charge is 2.16. The normalized spacial score (nSPS) is 12.2. The molecule has 0 fully saturated rings. The summed E-state index contributed by atoms with van der Waals surface area (Å²) in [6, 6.07) is 22.3. The Hall–Kier alpha value is -3.77. The summed E-state index contributed by atoms with van der Waals surface area (Å²) in [6.07, 6.45) is 0. The molecule has 33 heavy (non-hydrogen) atoms. The van der Waals surface area contributed by atoms with Crippen molar-refractivity contribution < 1.29 is 18.6 Å². The fourth-order valence-corrected chi connectivity index (χ4v) is 3.92. The van der Waals surface area contributed by atoms with Crippen molar-refractivity contribution in [2.24, 2.45) is 0 Å². The first-order valence-electron chi connectivity index (χ1n) is 11.0. The van der Waals surface area contributed by atoms with E-state index >= 15 is 0 Å². The molecule has 0 amide bonds. The summed E-state index contributed by atoms with van der Waals surface area (Å²) in [4.78, 5) is 4.54. The number of hydrogen-bond acceptors (Lipinski definition) is 6. The molecule has 6 heteroatoms. The summed E-state index contributed by atoms with van der Waals surface area (Å²) < 4.78 is 23.0. The minimum absolute atomic E-state index is 0.264. The van der Waals surface area contributed by atoms with Gasteiger partial charge >= 0.3 is 0 Å². The van der Waals surface area contributed by atoms with Crippen LogP contribution in [0, 0.1) is 13.8 Å². The number of oxazole rings is 1. The molecule has 1 aliphatic rings. The Labute approximate surface area is 193 Å². The lowest BCUT2D eigenvalue weighted by Crippen LogP contribution is -2.12. The second kappa shape index (κ2) is 9.38. The van der Waals surface area contributed by atoms with Crippen molar-refractivity contribution in [2.75, 3.05) is 6.79 Å². The molecule has 2 heterocycles. The summed E-state index contributed by atoms with van der Waals surface area (Å²) in [5.41, 5.74) is 5.29. The average Bonchev–Trinajstić information content (AvgIpc) is 3.45. The summed E-state index contributed by atoms with van der Waals surface area (Å²) in [5.74, 6) is 3.73. The van der Waals surface area contributed by atoms with E-state index in [0.29, 0.717) is 12.4 Å². The van der Waals surface area contributed by atoms with Crippen LogP contribution in [0.4, 0.5) is 0 Å². The third-order valence-electron chi connectivity index (χ3n) is 5.71. The predicted molar refractivity (Wildman–Crippen MR) is 125 cm³/mol. The van der Waals surface area contributed by atoms with Crippen LogP contribution in [0.2, 0.25) is 0 Å². The molecule has 0 unspecified atom stereocenters. The SMILES string of the molecule is Cc1nc(COc2cccc(-c3ccc4c(c3)OCO4)c2C)oc1CNCc1ccccc1. The Morgan fingerprint density at radius 1 is 0.909 bits per heavy atom. The number of benzene rings is 3. The topological polar surface area (TPSA) is 65.8 Å². The van der Waals surface area contributed by atoms with Crippen molar-refractivity contribution in [3.63, 3.8) is 0 Å². The van der Waals surface area contributed by atoms with Crippen molar-refractivity contribution in [3.8, 4) is 28.4 Å². The van der Waals surface area contributed by atoms with Gasteiger partial charge in [0.25, 0.3) is 0 Å². The Kier molecular flexibility index (Phi) is 6.00. The number of fused-ring (bicyclic) bond motifs is 1. The minimum atomic E-state index is 0.264. The molecule has 0 radical (unpaired) electrons. The lowest BCUT2D eigenvalue weighted by molar-refractivity contribution is 0.174. The van der Waals surface area contributed by atoms with E-state index in [1.165, 1.54) is 5.56 Å². The van der Waals surface area contributed by atoms with Gasteiger partial charge in [-0.15, -0.1) is 0 Å². The van der Waals surface area contributed by atoms with Crippen LogP contribution in [0.25, 0.3) is 11.1 Å². The second-order valence-corrected chi connectivity index (χ2v) is 7.99. The zero-order valence-electron chi connectivity index (χ0n) is 18.8. The number of aryl methyl sites for hydroxylation is 1. The van der Waals surface area contributed by atoms with Crippen molar-refractivity contribution in [3.05, 3.63) is 95.2 Å². The van der Waals surface area contributed by atoms with E-state index in [-0.39, 0.29) is 13.4 Å². The van der Waals surface area contributed by atoms with Gasteiger partial charge in [-0.25, -0.2) is 4.98 Å². The molecule has 0 atom stereocenters. The van der Waals surface area contributed by atoms with Gasteiger partial charge in [-0.2, -0.15) is 0 Å². The number of ether oxygens (including phenoxy) is 3. The molecule has 168 valence electrons. The van der Waals surface area contributed by atoms with E-state index in [4.69, 9.17) is 18.6 Å². The van der Waals surface area contributed by atoms with E-state index in [9.17, 15) is 0 Å². The van der Waals surface area contributed by atoms with Crippen LogP contribution in [0.1, 0.15) is 28.5 Å². The minimum Gasteiger partial charge on any atom is -0.484 e. The molecule has 5 rings (SSSR count). The molecule has 0 saturated heterocycles. The van der Waals surface area contributed by atoms with E-state index < -0.39 is 0 Å². The number of rotatable bonds is 8. The second-order valence-electron chi connectivity index (χ2n) is 7.99.